The van der Waals surface area contributed by atoms with Crippen molar-refractivity contribution in [2.24, 2.45) is 0 Å². The van der Waals surface area contributed by atoms with Crippen molar-refractivity contribution in [3.63, 3.8) is 0 Å². The second kappa shape index (κ2) is 4.85. The van der Waals surface area contributed by atoms with E-state index in [0.29, 0.717) is 5.58 Å². The number of hydrogen-bond acceptors (Lipinski definition) is 3. The van der Waals surface area contributed by atoms with Crippen molar-refractivity contribution in [2.75, 3.05) is 19.0 Å². The largest absolute Gasteiger partial charge is 0.423 e. The Morgan fingerprint density at radius 1 is 0.950 bits per heavy atom. The Labute approximate surface area is 117 Å². The van der Waals surface area contributed by atoms with Crippen molar-refractivity contribution in [2.45, 2.75) is 0 Å². The van der Waals surface area contributed by atoms with Crippen molar-refractivity contribution in [3.05, 3.63) is 65.0 Å². The number of rotatable bonds is 2. The number of fused-ring (bicyclic) bond motifs is 1. The molecule has 3 heteroatoms. The van der Waals surface area contributed by atoms with Crippen LogP contribution in [-0.4, -0.2) is 14.1 Å². The number of anilines is 1. The molecule has 100 valence electrons. The first-order valence-electron chi connectivity index (χ1n) is 6.46. The van der Waals surface area contributed by atoms with Crippen molar-refractivity contribution in [1.82, 2.24) is 0 Å². The summed E-state index contributed by atoms with van der Waals surface area (Å²) in [7, 11) is 3.92. The van der Waals surface area contributed by atoms with Gasteiger partial charge in [0.2, 0.25) is 0 Å². The van der Waals surface area contributed by atoms with Gasteiger partial charge in [-0.2, -0.15) is 0 Å². The molecule has 0 aliphatic rings. The third-order valence-corrected chi connectivity index (χ3v) is 3.33. The quantitative estimate of drug-likeness (QED) is 0.665. The molecular weight excluding hydrogens is 250 g/mol. The first-order chi connectivity index (χ1) is 9.65. The average Bonchev–Trinajstić information content (AvgIpc) is 2.46. The van der Waals surface area contributed by atoms with Gasteiger partial charge in [0.25, 0.3) is 0 Å². The van der Waals surface area contributed by atoms with E-state index in [0.717, 1.165) is 22.2 Å². The van der Waals surface area contributed by atoms with Gasteiger partial charge >= 0.3 is 5.63 Å². The SMILES string of the molecule is CN(C)c1ccc2c(-c3ccccc3)cc(=O)oc2c1. The molecule has 0 amide bonds. The molecule has 3 rings (SSSR count). The molecule has 0 unspecified atom stereocenters. The van der Waals surface area contributed by atoms with Crippen LogP contribution < -0.4 is 10.5 Å². The lowest BCUT2D eigenvalue weighted by molar-refractivity contribution is 0.561. The van der Waals surface area contributed by atoms with E-state index in [9.17, 15) is 4.79 Å². The fourth-order valence-electron chi connectivity index (χ4n) is 2.29. The third-order valence-electron chi connectivity index (χ3n) is 3.33. The zero-order chi connectivity index (χ0) is 14.1. The molecule has 0 atom stereocenters. The van der Waals surface area contributed by atoms with Gasteiger partial charge in [0.1, 0.15) is 5.58 Å². The predicted molar refractivity (Wildman–Crippen MR) is 82.2 cm³/mol. The van der Waals surface area contributed by atoms with Crippen LogP contribution in [0, 0.1) is 0 Å². The standard InChI is InChI=1S/C17H15NO2/c1-18(2)13-8-9-14-15(12-6-4-3-5-7-12)11-17(19)20-16(14)10-13/h3-11H,1-2H3. The second-order valence-electron chi connectivity index (χ2n) is 4.92. The predicted octanol–water partition coefficient (Wildman–Crippen LogP) is 3.53. The molecule has 3 aromatic rings. The molecule has 2 aromatic carbocycles. The zero-order valence-electron chi connectivity index (χ0n) is 11.5. The van der Waals surface area contributed by atoms with Crippen LogP contribution in [0.2, 0.25) is 0 Å². The van der Waals surface area contributed by atoms with Crippen molar-refractivity contribution >= 4 is 16.7 Å². The van der Waals surface area contributed by atoms with Gasteiger partial charge in [-0.05, 0) is 23.3 Å². The van der Waals surface area contributed by atoms with E-state index in [1.807, 2.05) is 67.5 Å². The summed E-state index contributed by atoms with van der Waals surface area (Å²) < 4.78 is 5.33. The van der Waals surface area contributed by atoms with Gasteiger partial charge in [-0.1, -0.05) is 30.3 Å². The Hall–Kier alpha value is -2.55. The Morgan fingerprint density at radius 2 is 1.70 bits per heavy atom. The summed E-state index contributed by atoms with van der Waals surface area (Å²) in [6, 6.07) is 17.3. The van der Waals surface area contributed by atoms with Crippen LogP contribution in [0.5, 0.6) is 0 Å². The van der Waals surface area contributed by atoms with E-state index in [4.69, 9.17) is 4.42 Å². The summed E-state index contributed by atoms with van der Waals surface area (Å²) in [5.41, 5.74) is 3.21. The van der Waals surface area contributed by atoms with Crippen LogP contribution in [0.25, 0.3) is 22.1 Å². The van der Waals surface area contributed by atoms with E-state index in [1.165, 1.54) is 0 Å². The minimum absolute atomic E-state index is 0.327. The topological polar surface area (TPSA) is 33.5 Å². The average molecular weight is 265 g/mol. The van der Waals surface area contributed by atoms with E-state index in [2.05, 4.69) is 0 Å². The van der Waals surface area contributed by atoms with E-state index >= 15 is 0 Å². The highest BCUT2D eigenvalue weighted by atomic mass is 16.4. The maximum absolute atomic E-state index is 11.8. The van der Waals surface area contributed by atoms with E-state index < -0.39 is 0 Å². The molecule has 0 N–H and O–H groups in total. The summed E-state index contributed by atoms with van der Waals surface area (Å²) in [6.45, 7) is 0. The third kappa shape index (κ3) is 2.18. The maximum atomic E-state index is 11.8. The lowest BCUT2D eigenvalue weighted by Crippen LogP contribution is -2.08. The number of nitrogens with zero attached hydrogens (tertiary/aromatic N) is 1. The van der Waals surface area contributed by atoms with Gasteiger partial charge in [0.15, 0.2) is 0 Å². The summed E-state index contributed by atoms with van der Waals surface area (Å²) in [5.74, 6) is 0. The van der Waals surface area contributed by atoms with Crippen LogP contribution >= 0.6 is 0 Å². The fourth-order valence-corrected chi connectivity index (χ4v) is 2.29. The lowest BCUT2D eigenvalue weighted by atomic mass is 10.0. The summed E-state index contributed by atoms with van der Waals surface area (Å²) in [6.07, 6.45) is 0. The molecule has 1 heterocycles. The minimum atomic E-state index is -0.327. The minimum Gasteiger partial charge on any atom is -0.423 e. The van der Waals surface area contributed by atoms with E-state index in [1.54, 1.807) is 6.07 Å². The van der Waals surface area contributed by atoms with Crippen LogP contribution in [0.3, 0.4) is 0 Å². The molecule has 0 radical (unpaired) electrons. The molecule has 0 saturated carbocycles. The Balaban J connectivity index is 2.31. The fraction of sp³-hybridized carbons (Fsp3) is 0.118. The Kier molecular flexibility index (Phi) is 3.03. The molecule has 0 saturated heterocycles. The van der Waals surface area contributed by atoms with Crippen LogP contribution in [0.4, 0.5) is 5.69 Å². The van der Waals surface area contributed by atoms with Gasteiger partial charge in [0, 0.05) is 37.3 Å². The van der Waals surface area contributed by atoms with Gasteiger partial charge < -0.3 is 9.32 Å². The lowest BCUT2D eigenvalue weighted by Gasteiger charge is -2.13. The van der Waals surface area contributed by atoms with Crippen molar-refractivity contribution in [3.8, 4) is 11.1 Å². The highest BCUT2D eigenvalue weighted by molar-refractivity contribution is 5.94. The highest BCUT2D eigenvalue weighted by Gasteiger charge is 2.08. The van der Waals surface area contributed by atoms with Crippen molar-refractivity contribution < 1.29 is 4.42 Å². The smallest absolute Gasteiger partial charge is 0.336 e. The summed E-state index contributed by atoms with van der Waals surface area (Å²) in [5, 5.41) is 0.946. The van der Waals surface area contributed by atoms with Crippen LogP contribution in [0.1, 0.15) is 0 Å². The Morgan fingerprint density at radius 3 is 2.40 bits per heavy atom. The van der Waals surface area contributed by atoms with Crippen LogP contribution in [-0.2, 0) is 0 Å². The summed E-state index contributed by atoms with van der Waals surface area (Å²) in [4.78, 5) is 13.8. The maximum Gasteiger partial charge on any atom is 0.336 e. The molecule has 20 heavy (non-hydrogen) atoms. The van der Waals surface area contributed by atoms with Gasteiger partial charge in [0.05, 0.1) is 0 Å². The molecule has 0 aliphatic carbocycles. The monoisotopic (exact) mass is 265 g/mol. The Bertz CT molecular complexity index is 804. The molecule has 3 nitrogen and oxygen atoms in total. The molecular formula is C17H15NO2. The molecule has 0 aliphatic heterocycles. The summed E-state index contributed by atoms with van der Waals surface area (Å²) >= 11 is 0. The van der Waals surface area contributed by atoms with Crippen LogP contribution in [0.15, 0.2) is 63.8 Å². The van der Waals surface area contributed by atoms with Crippen molar-refractivity contribution in [1.29, 1.82) is 0 Å². The molecule has 0 spiro atoms. The zero-order valence-corrected chi connectivity index (χ0v) is 11.5. The van der Waals surface area contributed by atoms with Gasteiger partial charge in [-0.3, -0.25) is 0 Å². The molecule has 0 fully saturated rings. The molecule has 0 bridgehead atoms. The number of hydrogen-bond donors (Lipinski definition) is 0. The highest BCUT2D eigenvalue weighted by Crippen LogP contribution is 2.29. The van der Waals surface area contributed by atoms with E-state index in [-0.39, 0.29) is 5.63 Å². The normalized spacial score (nSPS) is 10.7. The molecule has 1 aromatic heterocycles. The van der Waals surface area contributed by atoms with Gasteiger partial charge in [-0.25, -0.2) is 4.79 Å². The second-order valence-corrected chi connectivity index (χ2v) is 4.92. The first-order valence-corrected chi connectivity index (χ1v) is 6.46. The first kappa shape index (κ1) is 12.5. The van der Waals surface area contributed by atoms with Gasteiger partial charge in [-0.15, -0.1) is 0 Å². The number of benzene rings is 2.